The number of hydrogen-bond donors (Lipinski definition) is 0. The molecule has 0 aromatic rings. The van der Waals surface area contributed by atoms with E-state index >= 15 is 0 Å². The van der Waals surface area contributed by atoms with Crippen molar-refractivity contribution >= 4 is 0 Å². The van der Waals surface area contributed by atoms with Crippen molar-refractivity contribution in [1.29, 1.82) is 0 Å². The molecule has 1 aliphatic rings. The van der Waals surface area contributed by atoms with Gasteiger partial charge in [-0.2, -0.15) is 0 Å². The summed E-state index contributed by atoms with van der Waals surface area (Å²) in [6.07, 6.45) is 18.9. The summed E-state index contributed by atoms with van der Waals surface area (Å²) < 4.78 is 0. The molecule has 0 heteroatoms. The van der Waals surface area contributed by atoms with Gasteiger partial charge in [-0.3, -0.25) is 0 Å². The first-order chi connectivity index (χ1) is 7.43. The van der Waals surface area contributed by atoms with E-state index in [1.54, 1.807) is 0 Å². The van der Waals surface area contributed by atoms with Gasteiger partial charge in [0, 0.05) is 0 Å². The Morgan fingerprint density at radius 1 is 0.733 bits per heavy atom. The summed E-state index contributed by atoms with van der Waals surface area (Å²) in [5.74, 6) is 1.05. The first kappa shape index (κ1) is 13.1. The SMILES string of the molecule is [CH2]CCCCC1CCCCCCCCC1. The van der Waals surface area contributed by atoms with Gasteiger partial charge in [-0.1, -0.05) is 90.4 Å². The van der Waals surface area contributed by atoms with Gasteiger partial charge < -0.3 is 0 Å². The average Bonchev–Trinajstić information content (AvgIpc) is 2.27. The van der Waals surface area contributed by atoms with Gasteiger partial charge in [0.15, 0.2) is 0 Å². The van der Waals surface area contributed by atoms with Crippen molar-refractivity contribution in [2.75, 3.05) is 0 Å². The van der Waals surface area contributed by atoms with Crippen molar-refractivity contribution in [3.05, 3.63) is 6.92 Å². The van der Waals surface area contributed by atoms with E-state index in [0.717, 1.165) is 12.3 Å². The lowest BCUT2D eigenvalue weighted by atomic mass is 9.88. The zero-order valence-electron chi connectivity index (χ0n) is 10.5. The van der Waals surface area contributed by atoms with Crippen LogP contribution < -0.4 is 0 Å². The van der Waals surface area contributed by atoms with Crippen LogP contribution in [0, 0.1) is 12.8 Å². The lowest BCUT2D eigenvalue weighted by molar-refractivity contribution is 0.358. The molecule has 1 aliphatic carbocycles. The Bertz CT molecular complexity index is 115. The third kappa shape index (κ3) is 6.98. The minimum absolute atomic E-state index is 1.05. The number of rotatable bonds is 4. The minimum atomic E-state index is 1.05. The second-order valence-corrected chi connectivity index (χ2v) is 5.27. The smallest absolute Gasteiger partial charge is 0.0414 e. The quantitative estimate of drug-likeness (QED) is 0.535. The predicted molar refractivity (Wildman–Crippen MR) is 68.9 cm³/mol. The number of hydrogen-bond acceptors (Lipinski definition) is 0. The van der Waals surface area contributed by atoms with Crippen LogP contribution in [0.5, 0.6) is 0 Å². The fourth-order valence-corrected chi connectivity index (χ4v) is 2.79. The molecular weight excluding hydrogens is 180 g/mol. The summed E-state index contributed by atoms with van der Waals surface area (Å²) in [5, 5.41) is 0. The van der Waals surface area contributed by atoms with E-state index in [1.165, 1.54) is 77.0 Å². The van der Waals surface area contributed by atoms with E-state index in [4.69, 9.17) is 0 Å². The van der Waals surface area contributed by atoms with Crippen molar-refractivity contribution in [2.45, 2.75) is 83.5 Å². The molecule has 0 bridgehead atoms. The molecule has 0 N–H and O–H groups in total. The minimum Gasteiger partial charge on any atom is -0.0533 e. The highest BCUT2D eigenvalue weighted by Gasteiger charge is 2.09. The molecule has 0 unspecified atom stereocenters. The van der Waals surface area contributed by atoms with E-state index in [9.17, 15) is 0 Å². The summed E-state index contributed by atoms with van der Waals surface area (Å²) >= 11 is 0. The lowest BCUT2D eigenvalue weighted by Gasteiger charge is -2.18. The molecule has 15 heavy (non-hydrogen) atoms. The molecule has 0 atom stereocenters. The normalized spacial score (nSPS) is 21.4. The van der Waals surface area contributed by atoms with Gasteiger partial charge in [0.25, 0.3) is 0 Å². The highest BCUT2D eigenvalue weighted by atomic mass is 14.1. The highest BCUT2D eigenvalue weighted by molar-refractivity contribution is 4.63. The maximum absolute atomic E-state index is 3.93. The summed E-state index contributed by atoms with van der Waals surface area (Å²) in [6.45, 7) is 3.93. The van der Waals surface area contributed by atoms with Crippen LogP contribution in [0.1, 0.15) is 83.5 Å². The summed E-state index contributed by atoms with van der Waals surface area (Å²) in [4.78, 5) is 0. The molecule has 0 aromatic carbocycles. The Balaban J connectivity index is 2.13. The van der Waals surface area contributed by atoms with Crippen LogP contribution in [-0.4, -0.2) is 0 Å². The molecule has 1 saturated carbocycles. The third-order valence-corrected chi connectivity index (χ3v) is 3.84. The van der Waals surface area contributed by atoms with Crippen LogP contribution in [-0.2, 0) is 0 Å². The average molecular weight is 209 g/mol. The predicted octanol–water partition coefficient (Wildman–Crippen LogP) is 5.52. The van der Waals surface area contributed by atoms with Gasteiger partial charge >= 0.3 is 0 Å². The molecule has 0 aromatic heterocycles. The third-order valence-electron chi connectivity index (χ3n) is 3.84. The van der Waals surface area contributed by atoms with Crippen molar-refractivity contribution in [3.8, 4) is 0 Å². The van der Waals surface area contributed by atoms with Crippen LogP contribution in [0.15, 0.2) is 0 Å². The zero-order chi connectivity index (χ0) is 10.8. The van der Waals surface area contributed by atoms with Gasteiger partial charge in [0.1, 0.15) is 0 Å². The van der Waals surface area contributed by atoms with E-state index in [0.29, 0.717) is 0 Å². The first-order valence-corrected chi connectivity index (χ1v) is 7.22. The topological polar surface area (TPSA) is 0 Å². The molecule has 1 radical (unpaired) electrons. The molecule has 0 saturated heterocycles. The van der Waals surface area contributed by atoms with Gasteiger partial charge in [-0.05, 0) is 5.92 Å². The fraction of sp³-hybridized carbons (Fsp3) is 0.933. The van der Waals surface area contributed by atoms with Crippen molar-refractivity contribution < 1.29 is 0 Å². The molecule has 89 valence electrons. The second-order valence-electron chi connectivity index (χ2n) is 5.27. The Kier molecular flexibility index (Phi) is 8.05. The van der Waals surface area contributed by atoms with E-state index < -0.39 is 0 Å². The van der Waals surface area contributed by atoms with Gasteiger partial charge in [-0.15, -0.1) is 0 Å². The fourth-order valence-electron chi connectivity index (χ4n) is 2.79. The molecule has 0 heterocycles. The summed E-state index contributed by atoms with van der Waals surface area (Å²) in [6, 6.07) is 0. The van der Waals surface area contributed by atoms with Gasteiger partial charge in [-0.25, -0.2) is 0 Å². The summed E-state index contributed by atoms with van der Waals surface area (Å²) in [5.41, 5.74) is 0. The first-order valence-electron chi connectivity index (χ1n) is 7.22. The van der Waals surface area contributed by atoms with E-state index in [1.807, 2.05) is 0 Å². The van der Waals surface area contributed by atoms with Crippen LogP contribution in [0.2, 0.25) is 0 Å². The van der Waals surface area contributed by atoms with Crippen molar-refractivity contribution in [2.24, 2.45) is 5.92 Å². The second kappa shape index (κ2) is 9.24. The molecule has 0 aliphatic heterocycles. The Hall–Kier alpha value is 0. The molecule has 1 fully saturated rings. The Morgan fingerprint density at radius 3 is 1.80 bits per heavy atom. The Labute approximate surface area is 96.8 Å². The number of unbranched alkanes of at least 4 members (excludes halogenated alkanes) is 2. The molecule has 1 rings (SSSR count). The van der Waals surface area contributed by atoms with Crippen LogP contribution in [0.3, 0.4) is 0 Å². The van der Waals surface area contributed by atoms with Gasteiger partial charge in [0.05, 0.1) is 0 Å². The monoisotopic (exact) mass is 209 g/mol. The zero-order valence-corrected chi connectivity index (χ0v) is 10.5. The molecular formula is C15H29. The van der Waals surface area contributed by atoms with Gasteiger partial charge in [0.2, 0.25) is 0 Å². The molecule has 0 nitrogen and oxygen atoms in total. The molecule has 0 spiro atoms. The summed E-state index contributed by atoms with van der Waals surface area (Å²) in [7, 11) is 0. The highest BCUT2D eigenvalue weighted by Crippen LogP contribution is 2.25. The van der Waals surface area contributed by atoms with Crippen molar-refractivity contribution in [3.63, 3.8) is 0 Å². The Morgan fingerprint density at radius 2 is 1.27 bits per heavy atom. The maximum atomic E-state index is 3.93. The molecule has 0 amide bonds. The largest absolute Gasteiger partial charge is 0.0533 e. The standard InChI is InChI=1S/C15H29/c1-2-3-9-12-15-13-10-7-5-4-6-8-11-14-15/h15H,1-14H2. The van der Waals surface area contributed by atoms with E-state index in [-0.39, 0.29) is 0 Å². The van der Waals surface area contributed by atoms with E-state index in [2.05, 4.69) is 6.92 Å². The van der Waals surface area contributed by atoms with Crippen LogP contribution >= 0.6 is 0 Å². The maximum Gasteiger partial charge on any atom is -0.0414 e. The van der Waals surface area contributed by atoms with Crippen LogP contribution in [0.4, 0.5) is 0 Å². The lowest BCUT2D eigenvalue weighted by Crippen LogP contribution is -2.02. The van der Waals surface area contributed by atoms with Crippen LogP contribution in [0.25, 0.3) is 0 Å². The van der Waals surface area contributed by atoms with Crippen molar-refractivity contribution in [1.82, 2.24) is 0 Å².